The standard InChI is InChI=1S/C10H13Cl2NO2/c1-14-4-5-15-13-7-8-2-3-9(11)10(12)6-8/h2-3,6,13H,4-5,7H2,1H3. The molecule has 15 heavy (non-hydrogen) atoms. The molecule has 0 saturated heterocycles. The summed E-state index contributed by atoms with van der Waals surface area (Å²) in [6.45, 7) is 1.66. The van der Waals surface area contributed by atoms with E-state index in [9.17, 15) is 0 Å². The van der Waals surface area contributed by atoms with Crippen LogP contribution in [0.15, 0.2) is 18.2 Å². The van der Waals surface area contributed by atoms with Gasteiger partial charge < -0.3 is 4.74 Å². The van der Waals surface area contributed by atoms with Crippen LogP contribution >= 0.6 is 23.2 Å². The molecule has 0 unspecified atom stereocenters. The summed E-state index contributed by atoms with van der Waals surface area (Å²) in [4.78, 5) is 5.10. The lowest BCUT2D eigenvalue weighted by Crippen LogP contribution is -2.17. The van der Waals surface area contributed by atoms with Gasteiger partial charge in [0.05, 0.1) is 23.3 Å². The van der Waals surface area contributed by atoms with Crippen molar-refractivity contribution in [3.05, 3.63) is 33.8 Å². The third-order valence-electron chi connectivity index (χ3n) is 1.75. The highest BCUT2D eigenvalue weighted by Gasteiger charge is 1.98. The van der Waals surface area contributed by atoms with Gasteiger partial charge in [-0.1, -0.05) is 29.3 Å². The molecule has 0 heterocycles. The normalized spacial score (nSPS) is 10.6. The van der Waals surface area contributed by atoms with Gasteiger partial charge in [0.25, 0.3) is 0 Å². The fourth-order valence-electron chi connectivity index (χ4n) is 0.981. The van der Waals surface area contributed by atoms with E-state index in [1.165, 1.54) is 0 Å². The Hall–Kier alpha value is -0.320. The highest BCUT2D eigenvalue weighted by Crippen LogP contribution is 2.22. The average molecular weight is 250 g/mol. The maximum atomic E-state index is 5.86. The molecular weight excluding hydrogens is 237 g/mol. The van der Waals surface area contributed by atoms with E-state index in [1.54, 1.807) is 19.2 Å². The SMILES string of the molecule is COCCONCc1ccc(Cl)c(Cl)c1. The third kappa shape index (κ3) is 4.82. The summed E-state index contributed by atoms with van der Waals surface area (Å²) in [6.07, 6.45) is 0. The lowest BCUT2D eigenvalue weighted by molar-refractivity contribution is 0.00347. The molecule has 0 amide bonds. The van der Waals surface area contributed by atoms with Gasteiger partial charge in [-0.15, -0.1) is 0 Å². The van der Waals surface area contributed by atoms with Gasteiger partial charge in [0.15, 0.2) is 0 Å². The van der Waals surface area contributed by atoms with Crippen molar-refractivity contribution < 1.29 is 9.57 Å². The fourth-order valence-corrected chi connectivity index (χ4v) is 1.30. The van der Waals surface area contributed by atoms with E-state index in [0.29, 0.717) is 29.8 Å². The summed E-state index contributed by atoms with van der Waals surface area (Å²) in [5.74, 6) is 0. The first-order valence-electron chi connectivity index (χ1n) is 4.51. The number of hydrogen-bond donors (Lipinski definition) is 1. The van der Waals surface area contributed by atoms with E-state index in [4.69, 9.17) is 32.8 Å². The molecule has 0 saturated carbocycles. The first-order chi connectivity index (χ1) is 7.24. The number of nitrogens with one attached hydrogen (secondary N) is 1. The number of rotatable bonds is 6. The largest absolute Gasteiger partial charge is 0.382 e. The van der Waals surface area contributed by atoms with Crippen molar-refractivity contribution in [1.82, 2.24) is 5.48 Å². The van der Waals surface area contributed by atoms with E-state index < -0.39 is 0 Å². The molecule has 0 aliphatic rings. The summed E-state index contributed by atoms with van der Waals surface area (Å²) in [6, 6.07) is 5.45. The number of hydroxylamine groups is 1. The summed E-state index contributed by atoms with van der Waals surface area (Å²) in [7, 11) is 1.63. The third-order valence-corrected chi connectivity index (χ3v) is 2.49. The summed E-state index contributed by atoms with van der Waals surface area (Å²) in [5, 5.41) is 1.11. The first kappa shape index (κ1) is 12.7. The zero-order chi connectivity index (χ0) is 11.1. The van der Waals surface area contributed by atoms with Gasteiger partial charge in [-0.05, 0) is 17.7 Å². The van der Waals surface area contributed by atoms with Crippen LogP contribution in [0.5, 0.6) is 0 Å². The van der Waals surface area contributed by atoms with Gasteiger partial charge in [0, 0.05) is 13.7 Å². The second-order valence-electron chi connectivity index (χ2n) is 2.91. The lowest BCUT2D eigenvalue weighted by atomic mass is 10.2. The lowest BCUT2D eigenvalue weighted by Gasteiger charge is -2.06. The molecule has 0 aliphatic carbocycles. The topological polar surface area (TPSA) is 30.5 Å². The predicted octanol–water partition coefficient (Wildman–Crippen LogP) is 2.66. The summed E-state index contributed by atoms with van der Waals surface area (Å²) >= 11 is 11.6. The zero-order valence-electron chi connectivity index (χ0n) is 8.43. The molecule has 1 rings (SSSR count). The van der Waals surface area contributed by atoms with Crippen molar-refractivity contribution in [2.24, 2.45) is 0 Å². The molecule has 1 aromatic carbocycles. The highest BCUT2D eigenvalue weighted by atomic mass is 35.5. The zero-order valence-corrected chi connectivity index (χ0v) is 9.94. The number of benzene rings is 1. The van der Waals surface area contributed by atoms with Crippen LogP contribution in [0, 0.1) is 0 Å². The van der Waals surface area contributed by atoms with Gasteiger partial charge in [0.2, 0.25) is 0 Å². The molecule has 5 heteroatoms. The molecule has 0 radical (unpaired) electrons. The molecule has 0 aliphatic heterocycles. The highest BCUT2D eigenvalue weighted by molar-refractivity contribution is 6.41. The van der Waals surface area contributed by atoms with E-state index in [0.717, 1.165) is 5.56 Å². The van der Waals surface area contributed by atoms with Crippen molar-refractivity contribution in [1.29, 1.82) is 0 Å². The van der Waals surface area contributed by atoms with E-state index in [-0.39, 0.29) is 0 Å². The van der Waals surface area contributed by atoms with Crippen LogP contribution in [0.25, 0.3) is 0 Å². The second kappa shape index (κ2) is 7.04. The summed E-state index contributed by atoms with van der Waals surface area (Å²) < 4.78 is 4.83. The number of methoxy groups -OCH3 is 1. The van der Waals surface area contributed by atoms with Crippen LogP contribution in [0.3, 0.4) is 0 Å². The molecule has 0 spiro atoms. The fraction of sp³-hybridized carbons (Fsp3) is 0.400. The minimum Gasteiger partial charge on any atom is -0.382 e. The molecule has 1 N–H and O–H groups in total. The maximum absolute atomic E-state index is 5.86. The van der Waals surface area contributed by atoms with Gasteiger partial charge in [-0.25, -0.2) is 0 Å². The van der Waals surface area contributed by atoms with Crippen molar-refractivity contribution in [2.45, 2.75) is 6.54 Å². The summed E-state index contributed by atoms with van der Waals surface area (Å²) in [5.41, 5.74) is 3.82. The van der Waals surface area contributed by atoms with Gasteiger partial charge in [-0.2, -0.15) is 5.48 Å². The Kier molecular flexibility index (Phi) is 5.98. The average Bonchev–Trinajstić information content (AvgIpc) is 2.23. The molecule has 0 fully saturated rings. The van der Waals surface area contributed by atoms with E-state index >= 15 is 0 Å². The molecule has 0 bridgehead atoms. The molecule has 0 atom stereocenters. The Labute approximate surface area is 99.2 Å². The first-order valence-corrected chi connectivity index (χ1v) is 5.27. The van der Waals surface area contributed by atoms with Crippen molar-refractivity contribution in [3.63, 3.8) is 0 Å². The minimum absolute atomic E-state index is 0.512. The van der Waals surface area contributed by atoms with Crippen LogP contribution in [0.2, 0.25) is 10.0 Å². The predicted molar refractivity (Wildman–Crippen MR) is 61.1 cm³/mol. The maximum Gasteiger partial charge on any atom is 0.0916 e. The molecule has 84 valence electrons. The minimum atomic E-state index is 0.512. The van der Waals surface area contributed by atoms with Gasteiger partial charge >= 0.3 is 0 Å². The Morgan fingerprint density at radius 1 is 1.20 bits per heavy atom. The monoisotopic (exact) mass is 249 g/mol. The Morgan fingerprint density at radius 3 is 2.67 bits per heavy atom. The quantitative estimate of drug-likeness (QED) is 0.622. The Bertz CT molecular complexity index is 307. The molecule has 0 aromatic heterocycles. The number of hydrogen-bond acceptors (Lipinski definition) is 3. The van der Waals surface area contributed by atoms with Crippen LogP contribution in [-0.4, -0.2) is 20.3 Å². The van der Waals surface area contributed by atoms with E-state index in [1.807, 2.05) is 6.07 Å². The van der Waals surface area contributed by atoms with Crippen molar-refractivity contribution in [2.75, 3.05) is 20.3 Å². The van der Waals surface area contributed by atoms with Crippen LogP contribution in [0.4, 0.5) is 0 Å². The smallest absolute Gasteiger partial charge is 0.0916 e. The van der Waals surface area contributed by atoms with Crippen molar-refractivity contribution >= 4 is 23.2 Å². The van der Waals surface area contributed by atoms with Crippen LogP contribution in [0.1, 0.15) is 5.56 Å². The molecular formula is C10H13Cl2NO2. The Morgan fingerprint density at radius 2 is 2.00 bits per heavy atom. The molecule has 1 aromatic rings. The van der Waals surface area contributed by atoms with Gasteiger partial charge in [-0.3, -0.25) is 4.84 Å². The van der Waals surface area contributed by atoms with Crippen molar-refractivity contribution in [3.8, 4) is 0 Å². The van der Waals surface area contributed by atoms with Crippen LogP contribution < -0.4 is 5.48 Å². The Balaban J connectivity index is 2.28. The second-order valence-corrected chi connectivity index (χ2v) is 3.73. The number of ether oxygens (including phenoxy) is 1. The van der Waals surface area contributed by atoms with E-state index in [2.05, 4.69) is 5.48 Å². The van der Waals surface area contributed by atoms with Gasteiger partial charge in [0.1, 0.15) is 0 Å². The number of halogens is 2. The van der Waals surface area contributed by atoms with Crippen LogP contribution in [-0.2, 0) is 16.1 Å². The molecule has 3 nitrogen and oxygen atoms in total.